The lowest BCUT2D eigenvalue weighted by molar-refractivity contribution is 0.0961. The molecular formula is C37H48N2O2. The predicted molar refractivity (Wildman–Crippen MR) is 169 cm³/mol. The van der Waals surface area contributed by atoms with Gasteiger partial charge in [-0.05, 0) is 103 Å². The zero-order valence-electron chi connectivity index (χ0n) is 25.6. The molecule has 0 atom stereocenters. The number of ketones is 1. The number of fused-ring (bicyclic) bond motifs is 1. The van der Waals surface area contributed by atoms with E-state index in [4.69, 9.17) is 4.74 Å². The van der Waals surface area contributed by atoms with E-state index in [9.17, 15) is 4.79 Å². The molecule has 41 heavy (non-hydrogen) atoms. The molecule has 4 nitrogen and oxygen atoms in total. The van der Waals surface area contributed by atoms with E-state index in [1.54, 1.807) is 7.11 Å². The molecule has 3 aromatic carbocycles. The number of carbonyl (C=O) groups excluding carboxylic acids is 1. The fourth-order valence-corrected chi connectivity index (χ4v) is 6.37. The zero-order valence-corrected chi connectivity index (χ0v) is 25.6. The van der Waals surface area contributed by atoms with Crippen molar-refractivity contribution in [2.45, 2.75) is 77.8 Å². The van der Waals surface area contributed by atoms with Crippen LogP contribution in [0.5, 0.6) is 5.75 Å². The fourth-order valence-electron chi connectivity index (χ4n) is 6.37. The van der Waals surface area contributed by atoms with E-state index in [-0.39, 0.29) is 5.41 Å². The minimum atomic E-state index is 0.201. The average Bonchev–Trinajstić information content (AvgIpc) is 3.18. The molecule has 0 aromatic heterocycles. The van der Waals surface area contributed by atoms with Crippen molar-refractivity contribution in [3.63, 3.8) is 0 Å². The second kappa shape index (κ2) is 13.4. The topological polar surface area (TPSA) is 32.8 Å². The number of likely N-dealkylation sites (tertiary alicyclic amines) is 1. The van der Waals surface area contributed by atoms with Gasteiger partial charge in [-0.1, -0.05) is 69.3 Å². The molecule has 0 spiro atoms. The summed E-state index contributed by atoms with van der Waals surface area (Å²) in [5.74, 6) is 1.87. The van der Waals surface area contributed by atoms with Crippen molar-refractivity contribution in [2.75, 3.05) is 33.3 Å². The number of methoxy groups -OCH3 is 1. The van der Waals surface area contributed by atoms with E-state index in [1.165, 1.54) is 40.7 Å². The van der Waals surface area contributed by atoms with Gasteiger partial charge in [-0.3, -0.25) is 14.6 Å². The molecule has 3 aromatic rings. The quantitative estimate of drug-likeness (QED) is 0.258. The van der Waals surface area contributed by atoms with Crippen LogP contribution in [0, 0.1) is 5.92 Å². The van der Waals surface area contributed by atoms with Crippen molar-refractivity contribution >= 4 is 5.78 Å². The second-order valence-corrected chi connectivity index (χ2v) is 13.2. The Balaban J connectivity index is 1.06. The van der Waals surface area contributed by atoms with Crippen molar-refractivity contribution in [1.82, 2.24) is 9.80 Å². The number of piperidine rings is 1. The second-order valence-electron chi connectivity index (χ2n) is 13.2. The molecule has 0 saturated carbocycles. The van der Waals surface area contributed by atoms with Crippen LogP contribution in [-0.4, -0.2) is 48.9 Å². The third-order valence-corrected chi connectivity index (χ3v) is 9.20. The van der Waals surface area contributed by atoms with E-state index in [0.29, 0.717) is 18.1 Å². The van der Waals surface area contributed by atoms with Crippen molar-refractivity contribution in [1.29, 1.82) is 0 Å². The SMILES string of the molecule is COc1ccc(CN2CCc3ccc(C(=O)CCC4CCN(Cc5ccc(C(C)(C)C)cc5)CC4)cc3CC2)cc1. The molecule has 2 aliphatic rings. The van der Waals surface area contributed by atoms with Gasteiger partial charge >= 0.3 is 0 Å². The fraction of sp³-hybridized carbons (Fsp3) is 0.486. The third-order valence-electron chi connectivity index (χ3n) is 9.20. The summed E-state index contributed by atoms with van der Waals surface area (Å²) in [5, 5.41) is 0. The van der Waals surface area contributed by atoms with Crippen molar-refractivity contribution in [3.8, 4) is 5.75 Å². The van der Waals surface area contributed by atoms with E-state index in [0.717, 1.165) is 69.8 Å². The molecule has 0 amide bonds. The maximum atomic E-state index is 13.2. The Morgan fingerprint density at radius 1 is 0.780 bits per heavy atom. The molecule has 1 fully saturated rings. The summed E-state index contributed by atoms with van der Waals surface area (Å²) in [6.07, 6.45) is 6.12. The lowest BCUT2D eigenvalue weighted by Crippen LogP contribution is -2.33. The minimum absolute atomic E-state index is 0.201. The molecule has 0 N–H and O–H groups in total. The van der Waals surface area contributed by atoms with Crippen LogP contribution in [0.15, 0.2) is 66.7 Å². The number of nitrogens with zero attached hydrogens (tertiary/aromatic N) is 2. The Morgan fingerprint density at radius 2 is 1.37 bits per heavy atom. The molecular weight excluding hydrogens is 504 g/mol. The largest absolute Gasteiger partial charge is 0.497 e. The molecule has 218 valence electrons. The van der Waals surface area contributed by atoms with E-state index >= 15 is 0 Å². The summed E-state index contributed by atoms with van der Waals surface area (Å²) in [7, 11) is 1.71. The number of benzene rings is 3. The van der Waals surface area contributed by atoms with Gasteiger partial charge in [-0.15, -0.1) is 0 Å². The van der Waals surface area contributed by atoms with Crippen LogP contribution in [0.2, 0.25) is 0 Å². The molecule has 2 aliphatic heterocycles. The Bertz CT molecular complexity index is 1280. The van der Waals surface area contributed by atoms with E-state index < -0.39 is 0 Å². The van der Waals surface area contributed by atoms with Crippen molar-refractivity contribution in [3.05, 3.63) is 100 Å². The van der Waals surface area contributed by atoms with Gasteiger partial charge in [0.15, 0.2) is 5.78 Å². The molecule has 4 heteroatoms. The summed E-state index contributed by atoms with van der Waals surface area (Å²) >= 11 is 0. The first-order chi connectivity index (χ1) is 19.8. The molecule has 0 radical (unpaired) electrons. The van der Waals surface area contributed by atoms with Crippen molar-refractivity contribution in [2.24, 2.45) is 5.92 Å². The van der Waals surface area contributed by atoms with Crippen LogP contribution in [0.25, 0.3) is 0 Å². The number of Topliss-reactive ketones (excluding diaryl/α,β-unsaturated/α-hetero) is 1. The van der Waals surface area contributed by atoms with Gasteiger partial charge in [0.2, 0.25) is 0 Å². The van der Waals surface area contributed by atoms with Gasteiger partial charge in [0.05, 0.1) is 7.11 Å². The summed E-state index contributed by atoms with van der Waals surface area (Å²) < 4.78 is 5.30. The van der Waals surface area contributed by atoms with Gasteiger partial charge in [0.25, 0.3) is 0 Å². The van der Waals surface area contributed by atoms with Gasteiger partial charge < -0.3 is 4.74 Å². The number of hydrogen-bond donors (Lipinski definition) is 0. The first-order valence-corrected chi connectivity index (χ1v) is 15.6. The lowest BCUT2D eigenvalue weighted by Gasteiger charge is -2.32. The Morgan fingerprint density at radius 3 is 1.98 bits per heavy atom. The van der Waals surface area contributed by atoms with Crippen LogP contribution in [0.3, 0.4) is 0 Å². The van der Waals surface area contributed by atoms with Crippen LogP contribution in [-0.2, 0) is 31.3 Å². The highest BCUT2D eigenvalue weighted by atomic mass is 16.5. The summed E-state index contributed by atoms with van der Waals surface area (Å²) in [6.45, 7) is 13.1. The number of carbonyl (C=O) groups is 1. The zero-order chi connectivity index (χ0) is 28.8. The highest BCUT2D eigenvalue weighted by Crippen LogP contribution is 2.27. The maximum absolute atomic E-state index is 13.2. The van der Waals surface area contributed by atoms with Gasteiger partial charge in [-0.2, -0.15) is 0 Å². The summed E-state index contributed by atoms with van der Waals surface area (Å²) in [4.78, 5) is 18.3. The highest BCUT2D eigenvalue weighted by molar-refractivity contribution is 5.96. The minimum Gasteiger partial charge on any atom is -0.497 e. The Labute approximate surface area is 247 Å². The standard InChI is InChI=1S/C37H48N2O2/c1-37(2,3)34-12-5-29(6-13-34)26-38-21-17-28(18-22-38)9-16-36(40)33-11-10-31-19-23-39(24-20-32(31)25-33)27-30-7-14-35(41-4)15-8-30/h5-8,10-15,25,28H,9,16-24,26-27H2,1-4H3. The van der Waals surface area contributed by atoms with Crippen LogP contribution in [0.4, 0.5) is 0 Å². The number of ether oxygens (including phenoxy) is 1. The molecule has 0 aliphatic carbocycles. The Kier molecular flexibility index (Phi) is 9.62. The van der Waals surface area contributed by atoms with Gasteiger partial charge in [0.1, 0.15) is 5.75 Å². The average molecular weight is 553 g/mol. The normalized spacial score (nSPS) is 17.2. The molecule has 0 unspecified atom stereocenters. The number of hydrogen-bond acceptors (Lipinski definition) is 4. The van der Waals surface area contributed by atoms with Crippen LogP contribution in [0.1, 0.15) is 84.6 Å². The Hall–Kier alpha value is -2.95. The molecule has 1 saturated heterocycles. The van der Waals surface area contributed by atoms with E-state index in [1.807, 2.05) is 12.1 Å². The van der Waals surface area contributed by atoms with Crippen molar-refractivity contribution < 1.29 is 9.53 Å². The third kappa shape index (κ3) is 8.08. The molecule has 0 bridgehead atoms. The predicted octanol–water partition coefficient (Wildman–Crippen LogP) is 7.47. The smallest absolute Gasteiger partial charge is 0.162 e. The molecule has 2 heterocycles. The van der Waals surface area contributed by atoms with Crippen LogP contribution >= 0.6 is 0 Å². The monoisotopic (exact) mass is 552 g/mol. The first kappa shape index (κ1) is 29.5. The lowest BCUT2D eigenvalue weighted by atomic mass is 9.86. The van der Waals surface area contributed by atoms with Gasteiger partial charge in [0, 0.05) is 38.2 Å². The summed E-state index contributed by atoms with van der Waals surface area (Å²) in [5.41, 5.74) is 7.98. The first-order valence-electron chi connectivity index (χ1n) is 15.6. The van der Waals surface area contributed by atoms with Gasteiger partial charge in [-0.25, -0.2) is 0 Å². The van der Waals surface area contributed by atoms with Crippen LogP contribution < -0.4 is 4.74 Å². The summed E-state index contributed by atoms with van der Waals surface area (Å²) in [6, 6.07) is 24.0. The van der Waals surface area contributed by atoms with E-state index in [2.05, 4.69) is 85.2 Å². The molecule has 5 rings (SSSR count). The number of rotatable bonds is 9. The maximum Gasteiger partial charge on any atom is 0.162 e. The highest BCUT2D eigenvalue weighted by Gasteiger charge is 2.22.